The maximum Gasteiger partial charge on any atom is 0.416 e. The van der Waals surface area contributed by atoms with Crippen molar-refractivity contribution in [3.05, 3.63) is 35.4 Å². The molecule has 0 bridgehead atoms. The summed E-state index contributed by atoms with van der Waals surface area (Å²) < 4.78 is 46.0. The average Bonchev–Trinajstić information content (AvgIpc) is 2.70. The number of carbonyl (C=O) groups excluding carboxylic acids is 2. The summed E-state index contributed by atoms with van der Waals surface area (Å²) >= 11 is 5.67. The van der Waals surface area contributed by atoms with Crippen molar-refractivity contribution in [1.82, 2.24) is 10.2 Å². The summed E-state index contributed by atoms with van der Waals surface area (Å²) in [7, 11) is 1.43. The smallest absolute Gasteiger partial charge is 0.416 e. The van der Waals surface area contributed by atoms with E-state index in [-0.39, 0.29) is 11.8 Å². The number of ether oxygens (including phenoxy) is 1. The fourth-order valence-electron chi connectivity index (χ4n) is 4.23. The monoisotopic (exact) mass is 448 g/mol. The van der Waals surface area contributed by atoms with Gasteiger partial charge in [-0.25, -0.2) is 4.79 Å². The zero-order valence-corrected chi connectivity index (χ0v) is 18.4. The maximum absolute atomic E-state index is 13.4. The van der Waals surface area contributed by atoms with Crippen molar-refractivity contribution in [2.75, 3.05) is 26.0 Å². The highest BCUT2D eigenvalue weighted by molar-refractivity contribution is 6.27. The van der Waals surface area contributed by atoms with E-state index in [1.165, 1.54) is 13.1 Å². The van der Waals surface area contributed by atoms with Crippen molar-refractivity contribution in [3.63, 3.8) is 0 Å². The minimum atomic E-state index is -4.49. The van der Waals surface area contributed by atoms with Crippen molar-refractivity contribution in [2.45, 2.75) is 51.3 Å². The zero-order chi connectivity index (χ0) is 22.7. The van der Waals surface area contributed by atoms with Crippen LogP contribution in [0.2, 0.25) is 0 Å². The second-order valence-electron chi connectivity index (χ2n) is 8.65. The van der Waals surface area contributed by atoms with E-state index in [0.29, 0.717) is 31.5 Å². The van der Waals surface area contributed by atoms with Gasteiger partial charge in [-0.15, -0.1) is 11.6 Å². The Morgan fingerprint density at radius 2 is 1.83 bits per heavy atom. The Morgan fingerprint density at radius 3 is 2.30 bits per heavy atom. The summed E-state index contributed by atoms with van der Waals surface area (Å²) in [5.41, 5.74) is -1.78. The third kappa shape index (κ3) is 5.20. The minimum absolute atomic E-state index is 0.159. The molecule has 1 saturated heterocycles. The highest BCUT2D eigenvalue weighted by Gasteiger charge is 2.51. The predicted octanol–water partition coefficient (Wildman–Crippen LogP) is 4.58. The van der Waals surface area contributed by atoms with E-state index in [0.717, 1.165) is 12.1 Å². The van der Waals surface area contributed by atoms with E-state index < -0.39 is 34.8 Å². The molecule has 30 heavy (non-hydrogen) atoms. The van der Waals surface area contributed by atoms with Gasteiger partial charge in [0, 0.05) is 25.6 Å². The Balaban J connectivity index is 2.58. The molecule has 1 aromatic carbocycles. The largest absolute Gasteiger partial charge is 0.445 e. The van der Waals surface area contributed by atoms with E-state index in [1.54, 1.807) is 11.0 Å². The molecule has 0 aromatic heterocycles. The molecule has 1 aliphatic heterocycles. The van der Waals surface area contributed by atoms with Crippen LogP contribution in [0.5, 0.6) is 0 Å². The number of likely N-dealkylation sites (tertiary alicyclic amines) is 1. The lowest BCUT2D eigenvalue weighted by molar-refractivity contribution is -0.137. The summed E-state index contributed by atoms with van der Waals surface area (Å²) in [5.74, 6) is -0.387. The van der Waals surface area contributed by atoms with Crippen LogP contribution in [0.4, 0.5) is 18.0 Å². The first-order valence-electron chi connectivity index (χ1n) is 9.75. The second-order valence-corrected chi connectivity index (χ2v) is 8.92. The van der Waals surface area contributed by atoms with E-state index in [9.17, 15) is 22.8 Å². The molecule has 168 valence electrons. The van der Waals surface area contributed by atoms with Gasteiger partial charge in [-0.05, 0) is 29.9 Å². The van der Waals surface area contributed by atoms with Crippen LogP contribution in [-0.4, -0.2) is 49.0 Å². The minimum Gasteiger partial charge on any atom is -0.445 e. The van der Waals surface area contributed by atoms with Crippen molar-refractivity contribution in [3.8, 4) is 0 Å². The lowest BCUT2D eigenvalue weighted by Gasteiger charge is -2.50. The van der Waals surface area contributed by atoms with Crippen LogP contribution in [-0.2, 0) is 21.1 Å². The summed E-state index contributed by atoms with van der Waals surface area (Å²) in [5, 5.41) is 2.42. The normalized spacial score (nSPS) is 17.9. The number of carbonyl (C=O) groups is 2. The zero-order valence-electron chi connectivity index (χ0n) is 17.6. The number of piperidine rings is 1. The third-order valence-electron chi connectivity index (χ3n) is 5.60. The van der Waals surface area contributed by atoms with E-state index >= 15 is 0 Å². The Morgan fingerprint density at radius 1 is 1.23 bits per heavy atom. The van der Waals surface area contributed by atoms with Gasteiger partial charge in [0.25, 0.3) is 0 Å². The molecule has 0 radical (unpaired) electrons. The lowest BCUT2D eigenvalue weighted by Crippen LogP contribution is -2.56. The van der Waals surface area contributed by atoms with E-state index in [2.05, 4.69) is 5.32 Å². The lowest BCUT2D eigenvalue weighted by atomic mass is 9.62. The van der Waals surface area contributed by atoms with Crippen molar-refractivity contribution < 1.29 is 27.5 Å². The molecular formula is C21H28ClF3N2O3. The van der Waals surface area contributed by atoms with Crippen LogP contribution < -0.4 is 5.32 Å². The second kappa shape index (κ2) is 9.04. The molecule has 1 unspecified atom stereocenters. The first-order chi connectivity index (χ1) is 13.8. The van der Waals surface area contributed by atoms with E-state index in [4.69, 9.17) is 16.3 Å². The van der Waals surface area contributed by atoms with Gasteiger partial charge < -0.3 is 15.0 Å². The number of hydrogen-bond donors (Lipinski definition) is 1. The van der Waals surface area contributed by atoms with E-state index in [1.807, 2.05) is 20.8 Å². The Bertz CT molecular complexity index is 769. The molecule has 1 aliphatic rings. The Hall–Kier alpha value is -1.96. The summed E-state index contributed by atoms with van der Waals surface area (Å²) in [4.78, 5) is 25.8. The van der Waals surface area contributed by atoms with Crippen LogP contribution >= 0.6 is 11.6 Å². The highest BCUT2D eigenvalue weighted by Crippen LogP contribution is 2.47. The summed E-state index contributed by atoms with van der Waals surface area (Å²) in [6.45, 7) is 6.27. The van der Waals surface area contributed by atoms with Crippen LogP contribution in [0, 0.1) is 5.41 Å². The molecule has 0 spiro atoms. The fraction of sp³-hybridized carbons (Fsp3) is 0.619. The number of alkyl carbamates (subject to hydrolysis) is 1. The summed E-state index contributed by atoms with van der Waals surface area (Å²) in [6.07, 6.45) is -5.18. The van der Waals surface area contributed by atoms with Crippen molar-refractivity contribution in [1.29, 1.82) is 0 Å². The molecular weight excluding hydrogens is 421 g/mol. The molecule has 2 amide bonds. The number of benzene rings is 1. The first-order valence-corrected chi connectivity index (χ1v) is 10.3. The number of alkyl halides is 4. The van der Waals surface area contributed by atoms with Gasteiger partial charge in [0.05, 0.1) is 5.56 Å². The van der Waals surface area contributed by atoms with Crippen LogP contribution in [0.3, 0.4) is 0 Å². The molecule has 5 nitrogen and oxygen atoms in total. The molecule has 0 saturated carbocycles. The quantitative estimate of drug-likeness (QED) is 0.686. The molecule has 1 aromatic rings. The van der Waals surface area contributed by atoms with Gasteiger partial charge >= 0.3 is 12.3 Å². The summed E-state index contributed by atoms with van der Waals surface area (Å²) in [6, 6.07) is 5.16. The number of nitrogens with one attached hydrogen (secondary N) is 1. The number of nitrogens with zero attached hydrogens (tertiary/aromatic N) is 1. The molecule has 1 atom stereocenters. The number of amides is 2. The number of hydrogen-bond acceptors (Lipinski definition) is 3. The van der Waals surface area contributed by atoms with Gasteiger partial charge in [-0.3, -0.25) is 4.79 Å². The average molecular weight is 449 g/mol. The van der Waals surface area contributed by atoms with Gasteiger partial charge in [-0.2, -0.15) is 13.2 Å². The predicted molar refractivity (Wildman–Crippen MR) is 108 cm³/mol. The van der Waals surface area contributed by atoms with Crippen molar-refractivity contribution in [2.24, 2.45) is 5.41 Å². The standard InChI is InChI=1S/C21H28ClF3N2O3/c1-19(2,3)17(30-18(29)26-4)20(8-10-27(11-9-20)16(28)13-22)14-6-5-7-15(12-14)21(23,24)25/h5-7,12,17H,8-11,13H2,1-4H3,(H,26,29). The fourth-order valence-corrected chi connectivity index (χ4v) is 4.40. The molecule has 1 heterocycles. The third-order valence-corrected chi connectivity index (χ3v) is 5.83. The molecule has 2 rings (SSSR count). The molecule has 0 aliphatic carbocycles. The number of rotatable bonds is 4. The van der Waals surface area contributed by atoms with Crippen molar-refractivity contribution >= 4 is 23.6 Å². The number of halogens is 4. The van der Waals surface area contributed by atoms with Crippen LogP contribution in [0.25, 0.3) is 0 Å². The van der Waals surface area contributed by atoms with Crippen LogP contribution in [0.1, 0.15) is 44.7 Å². The van der Waals surface area contributed by atoms with Crippen LogP contribution in [0.15, 0.2) is 24.3 Å². The topological polar surface area (TPSA) is 58.6 Å². The SMILES string of the molecule is CNC(=O)OC(C(C)(C)C)C1(c2cccc(C(F)(F)F)c2)CCN(C(=O)CCl)CC1. The molecule has 1 fully saturated rings. The highest BCUT2D eigenvalue weighted by atomic mass is 35.5. The van der Waals surface area contributed by atoms with Gasteiger partial charge in [0.15, 0.2) is 0 Å². The molecule has 9 heteroatoms. The van der Waals surface area contributed by atoms with Gasteiger partial charge in [-0.1, -0.05) is 39.0 Å². The first kappa shape index (κ1) is 24.3. The maximum atomic E-state index is 13.4. The Labute approximate surface area is 179 Å². The van der Waals surface area contributed by atoms with Gasteiger partial charge in [0.1, 0.15) is 12.0 Å². The Kier molecular flexibility index (Phi) is 7.32. The molecule has 1 N–H and O–H groups in total. The van der Waals surface area contributed by atoms with Gasteiger partial charge in [0.2, 0.25) is 5.91 Å².